The highest BCUT2D eigenvalue weighted by Gasteiger charge is 2.16. The molecule has 0 radical (unpaired) electrons. The van der Waals surface area contributed by atoms with Gasteiger partial charge in [-0.15, -0.1) is 12.4 Å². The minimum Gasteiger partial charge on any atom is -0.502 e. The summed E-state index contributed by atoms with van der Waals surface area (Å²) in [5.41, 5.74) is 9.95. The number of nitrogens with zero attached hydrogens (tertiary/aromatic N) is 1. The number of aromatic hydroxyl groups is 1. The zero-order valence-electron chi connectivity index (χ0n) is 14.2. The lowest BCUT2D eigenvalue weighted by atomic mass is 10.1. The molecule has 3 aromatic rings. The van der Waals surface area contributed by atoms with Gasteiger partial charge in [-0.3, -0.25) is 0 Å². The third-order valence-corrected chi connectivity index (χ3v) is 3.82. The van der Waals surface area contributed by atoms with E-state index in [-0.39, 0.29) is 18.2 Å². The van der Waals surface area contributed by atoms with E-state index in [1.165, 1.54) is 14.2 Å². The number of aryl methyl sites for hydroxylation is 1. The molecule has 4 N–H and O–H groups in total. The van der Waals surface area contributed by atoms with Crippen LogP contribution in [0, 0.1) is 6.92 Å². The Morgan fingerprint density at radius 2 is 1.56 bits per heavy atom. The van der Waals surface area contributed by atoms with Gasteiger partial charge in [-0.2, -0.15) is 0 Å². The fourth-order valence-electron chi connectivity index (χ4n) is 2.55. The normalized spacial score (nSPS) is 10.2. The molecule has 0 saturated carbocycles. The second kappa shape index (κ2) is 7.36. The first-order valence-corrected chi connectivity index (χ1v) is 7.41. The number of nitrogens with two attached hydrogens (primary N) is 1. The number of methoxy groups -OCH3 is 2. The number of rotatable bonds is 4. The average molecular weight is 362 g/mol. The van der Waals surface area contributed by atoms with E-state index in [1.54, 1.807) is 12.1 Å². The number of anilines is 1. The van der Waals surface area contributed by atoms with E-state index < -0.39 is 0 Å². The molecule has 0 amide bonds. The number of ether oxygens (including phenoxy) is 2. The smallest absolute Gasteiger partial charge is 0.200 e. The number of phenolic OH excluding ortho intramolecular Hbond substituents is 1. The van der Waals surface area contributed by atoms with Crippen molar-refractivity contribution in [2.75, 3.05) is 20.0 Å². The zero-order valence-corrected chi connectivity index (χ0v) is 15.0. The molecule has 3 rings (SSSR count). The van der Waals surface area contributed by atoms with Gasteiger partial charge in [-0.1, -0.05) is 12.1 Å². The highest BCUT2D eigenvalue weighted by Crippen LogP contribution is 2.40. The van der Waals surface area contributed by atoms with Crippen LogP contribution in [0.3, 0.4) is 0 Å². The van der Waals surface area contributed by atoms with E-state index in [0.29, 0.717) is 23.0 Å². The summed E-state index contributed by atoms with van der Waals surface area (Å²) in [7, 11) is 2.98. The summed E-state index contributed by atoms with van der Waals surface area (Å²) in [5, 5.41) is 10.0. The maximum absolute atomic E-state index is 10.0. The maximum Gasteiger partial charge on any atom is 0.200 e. The first-order chi connectivity index (χ1) is 11.5. The molecule has 25 heavy (non-hydrogen) atoms. The second-order valence-corrected chi connectivity index (χ2v) is 5.41. The van der Waals surface area contributed by atoms with Crippen molar-refractivity contribution in [3.05, 3.63) is 42.1 Å². The Hall–Kier alpha value is -2.86. The Balaban J connectivity index is 0.00000225. The predicted molar refractivity (Wildman–Crippen MR) is 101 cm³/mol. The second-order valence-electron chi connectivity index (χ2n) is 5.41. The van der Waals surface area contributed by atoms with Crippen LogP contribution < -0.4 is 15.2 Å². The number of nitrogen functional groups attached to an aromatic ring is 1. The van der Waals surface area contributed by atoms with E-state index in [4.69, 9.17) is 15.2 Å². The van der Waals surface area contributed by atoms with Gasteiger partial charge in [0.05, 0.1) is 19.9 Å². The number of aromatic amines is 1. The van der Waals surface area contributed by atoms with Crippen molar-refractivity contribution in [3.8, 4) is 39.9 Å². The molecular formula is C18H20ClN3O3. The Bertz CT molecular complexity index is 851. The van der Waals surface area contributed by atoms with Crippen molar-refractivity contribution >= 4 is 18.1 Å². The van der Waals surface area contributed by atoms with E-state index in [1.807, 2.05) is 31.2 Å². The first-order valence-electron chi connectivity index (χ1n) is 7.41. The number of H-pyrrole nitrogens is 1. The summed E-state index contributed by atoms with van der Waals surface area (Å²) in [6, 6.07) is 11.0. The number of imidazole rings is 1. The number of halogens is 1. The van der Waals surface area contributed by atoms with E-state index in [9.17, 15) is 5.11 Å². The highest BCUT2D eigenvalue weighted by molar-refractivity contribution is 5.85. The number of hydrogen-bond donors (Lipinski definition) is 3. The number of benzene rings is 2. The molecule has 0 atom stereocenters. The van der Waals surface area contributed by atoms with Crippen LogP contribution in [0.25, 0.3) is 22.6 Å². The summed E-state index contributed by atoms with van der Waals surface area (Å²) in [6.45, 7) is 1.96. The number of phenols is 1. The monoisotopic (exact) mass is 361 g/mol. The van der Waals surface area contributed by atoms with Crippen molar-refractivity contribution in [1.29, 1.82) is 0 Å². The molecule has 1 heterocycles. The lowest BCUT2D eigenvalue weighted by Crippen LogP contribution is -1.91. The topological polar surface area (TPSA) is 93.4 Å². The molecule has 0 bridgehead atoms. The van der Waals surface area contributed by atoms with Crippen LogP contribution in [0.1, 0.15) is 5.69 Å². The minimum absolute atomic E-state index is 0. The summed E-state index contributed by atoms with van der Waals surface area (Å²) in [6.07, 6.45) is 0. The third kappa shape index (κ3) is 3.49. The number of hydrogen-bond acceptors (Lipinski definition) is 5. The van der Waals surface area contributed by atoms with Gasteiger partial charge in [0.25, 0.3) is 0 Å². The standard InChI is InChI=1S/C18H19N3O3.ClH/c1-10-16(11-4-6-13(19)7-5-11)21-18(20-10)12-8-14(23-2)17(22)15(9-12)24-3;/h4-9,22H,19H2,1-3H3,(H,20,21);1H. The van der Waals surface area contributed by atoms with Crippen molar-refractivity contribution < 1.29 is 14.6 Å². The average Bonchev–Trinajstić information content (AvgIpc) is 2.97. The molecule has 6 nitrogen and oxygen atoms in total. The molecule has 7 heteroatoms. The van der Waals surface area contributed by atoms with Crippen molar-refractivity contribution in [2.45, 2.75) is 6.92 Å². The van der Waals surface area contributed by atoms with Crippen LogP contribution in [0.15, 0.2) is 36.4 Å². The Kier molecular flexibility index (Phi) is 5.44. The van der Waals surface area contributed by atoms with Gasteiger partial charge in [0.15, 0.2) is 11.5 Å². The quantitative estimate of drug-likeness (QED) is 0.615. The lowest BCUT2D eigenvalue weighted by molar-refractivity contribution is 0.340. The molecule has 0 saturated heterocycles. The van der Waals surface area contributed by atoms with Gasteiger partial charge in [0.2, 0.25) is 5.75 Å². The number of nitrogens with one attached hydrogen (secondary N) is 1. The van der Waals surface area contributed by atoms with Gasteiger partial charge < -0.3 is 25.3 Å². The molecule has 0 unspecified atom stereocenters. The van der Waals surface area contributed by atoms with E-state index in [0.717, 1.165) is 22.5 Å². The summed E-state index contributed by atoms with van der Waals surface area (Å²) in [4.78, 5) is 7.93. The first kappa shape index (κ1) is 18.5. The van der Waals surface area contributed by atoms with Crippen molar-refractivity contribution in [2.24, 2.45) is 0 Å². The van der Waals surface area contributed by atoms with Crippen LogP contribution in [0.5, 0.6) is 17.2 Å². The molecule has 0 fully saturated rings. The van der Waals surface area contributed by atoms with Gasteiger partial charge in [0.1, 0.15) is 5.82 Å². The van der Waals surface area contributed by atoms with Crippen LogP contribution in [-0.4, -0.2) is 29.3 Å². The Morgan fingerprint density at radius 3 is 2.08 bits per heavy atom. The van der Waals surface area contributed by atoms with E-state index in [2.05, 4.69) is 9.97 Å². The minimum atomic E-state index is -0.0363. The molecule has 0 aliphatic heterocycles. The van der Waals surface area contributed by atoms with Gasteiger partial charge in [-0.05, 0) is 31.2 Å². The Morgan fingerprint density at radius 1 is 1.00 bits per heavy atom. The molecule has 0 spiro atoms. The summed E-state index contributed by atoms with van der Waals surface area (Å²) in [5.74, 6) is 1.28. The number of aromatic nitrogens is 2. The van der Waals surface area contributed by atoms with Crippen LogP contribution in [0.4, 0.5) is 5.69 Å². The van der Waals surface area contributed by atoms with Gasteiger partial charge >= 0.3 is 0 Å². The highest BCUT2D eigenvalue weighted by atomic mass is 35.5. The fraction of sp³-hybridized carbons (Fsp3) is 0.167. The fourth-order valence-corrected chi connectivity index (χ4v) is 2.55. The lowest BCUT2D eigenvalue weighted by Gasteiger charge is -2.10. The summed E-state index contributed by atoms with van der Waals surface area (Å²) < 4.78 is 10.4. The molecule has 132 valence electrons. The summed E-state index contributed by atoms with van der Waals surface area (Å²) >= 11 is 0. The molecule has 0 aliphatic carbocycles. The van der Waals surface area contributed by atoms with Crippen LogP contribution in [-0.2, 0) is 0 Å². The molecule has 2 aromatic carbocycles. The SMILES string of the molecule is COc1cc(-c2nc(-c3ccc(N)cc3)c(C)[nH]2)cc(OC)c1O.Cl. The van der Waals surface area contributed by atoms with Gasteiger partial charge in [0, 0.05) is 22.5 Å². The predicted octanol–water partition coefficient (Wildman–Crippen LogP) is 3.78. The van der Waals surface area contributed by atoms with Crippen molar-refractivity contribution in [1.82, 2.24) is 9.97 Å². The maximum atomic E-state index is 10.0. The van der Waals surface area contributed by atoms with Gasteiger partial charge in [-0.25, -0.2) is 4.98 Å². The van der Waals surface area contributed by atoms with Crippen molar-refractivity contribution in [3.63, 3.8) is 0 Å². The third-order valence-electron chi connectivity index (χ3n) is 3.82. The largest absolute Gasteiger partial charge is 0.502 e. The molecular weight excluding hydrogens is 342 g/mol. The zero-order chi connectivity index (χ0) is 17.3. The Labute approximate surface area is 152 Å². The molecule has 1 aromatic heterocycles. The van der Waals surface area contributed by atoms with Crippen LogP contribution in [0.2, 0.25) is 0 Å². The van der Waals surface area contributed by atoms with Crippen LogP contribution >= 0.6 is 12.4 Å². The molecule has 0 aliphatic rings. The van der Waals surface area contributed by atoms with E-state index >= 15 is 0 Å².